The molecule has 3 nitrogen and oxygen atoms in total. The number of hydrogen-bond acceptors (Lipinski definition) is 3. The first-order valence-corrected chi connectivity index (χ1v) is 5.12. The molecule has 0 spiro atoms. The Morgan fingerprint density at radius 3 is 2.70 bits per heavy atom. The molecule has 1 fully saturated rings. The Morgan fingerprint density at radius 1 is 1.90 bits per heavy atom. The number of carbonyl (C=O) groups is 1. The highest BCUT2D eigenvalue weighted by Gasteiger charge is 2.36. The summed E-state index contributed by atoms with van der Waals surface area (Å²) in [6, 6.07) is 0. The van der Waals surface area contributed by atoms with Gasteiger partial charge in [-0.15, -0.1) is 0 Å². The second-order valence-corrected chi connectivity index (χ2v) is 4.17. The van der Waals surface area contributed by atoms with Crippen molar-refractivity contribution in [3.63, 3.8) is 0 Å². The van der Waals surface area contributed by atoms with Crippen molar-refractivity contribution in [1.29, 1.82) is 0 Å². The first-order chi connectivity index (χ1) is 4.66. The fraction of sp³-hybridized carbons (Fsp3) is 0.800. The van der Waals surface area contributed by atoms with Gasteiger partial charge in [0.15, 0.2) is 0 Å². The standard InChI is InChI=1S/C5H8INO2S/c1-10-3-2-4(8)7(6)5(3)9/h3-4,8H,2H2,1H3. The number of rotatable bonds is 1. The lowest BCUT2D eigenvalue weighted by atomic mass is 10.3. The first-order valence-electron chi connectivity index (χ1n) is 2.86. The minimum atomic E-state index is -0.578. The Kier molecular flexibility index (Phi) is 2.81. The summed E-state index contributed by atoms with van der Waals surface area (Å²) in [7, 11) is 0. The van der Waals surface area contributed by atoms with Crippen molar-refractivity contribution in [3.8, 4) is 0 Å². The topological polar surface area (TPSA) is 40.5 Å². The molecule has 0 aliphatic carbocycles. The van der Waals surface area contributed by atoms with Crippen molar-refractivity contribution >= 4 is 40.5 Å². The van der Waals surface area contributed by atoms with Gasteiger partial charge in [0.1, 0.15) is 6.23 Å². The molecule has 0 aromatic heterocycles. The second kappa shape index (κ2) is 3.27. The van der Waals surface area contributed by atoms with Gasteiger partial charge in [-0.25, -0.2) is 0 Å². The highest BCUT2D eigenvalue weighted by atomic mass is 127. The van der Waals surface area contributed by atoms with E-state index in [4.69, 9.17) is 5.11 Å². The lowest BCUT2D eigenvalue weighted by Gasteiger charge is -2.08. The molecule has 10 heavy (non-hydrogen) atoms. The van der Waals surface area contributed by atoms with Crippen molar-refractivity contribution in [3.05, 3.63) is 0 Å². The van der Waals surface area contributed by atoms with Crippen molar-refractivity contribution < 1.29 is 9.90 Å². The molecule has 1 aliphatic rings. The van der Waals surface area contributed by atoms with Crippen LogP contribution in [0.3, 0.4) is 0 Å². The van der Waals surface area contributed by atoms with E-state index in [1.807, 2.05) is 29.1 Å². The molecular formula is C5H8INO2S. The number of halogens is 1. The van der Waals surface area contributed by atoms with Crippen LogP contribution in [0.5, 0.6) is 0 Å². The molecule has 2 unspecified atom stereocenters. The number of amides is 1. The van der Waals surface area contributed by atoms with Crippen molar-refractivity contribution in [2.24, 2.45) is 0 Å². The van der Waals surface area contributed by atoms with E-state index in [9.17, 15) is 4.79 Å². The summed E-state index contributed by atoms with van der Waals surface area (Å²) in [4.78, 5) is 11.1. The van der Waals surface area contributed by atoms with E-state index in [0.29, 0.717) is 6.42 Å². The molecule has 0 saturated carbocycles. The average molecular weight is 273 g/mol. The molecule has 1 rings (SSSR count). The summed E-state index contributed by atoms with van der Waals surface area (Å²) in [6.07, 6.45) is 1.86. The number of thioether (sulfide) groups is 1. The Labute approximate surface area is 77.7 Å². The Balaban J connectivity index is 2.62. The van der Waals surface area contributed by atoms with Crippen LogP contribution in [0.4, 0.5) is 0 Å². The lowest BCUT2D eigenvalue weighted by Crippen LogP contribution is -2.23. The monoisotopic (exact) mass is 273 g/mol. The fourth-order valence-corrected chi connectivity index (χ4v) is 2.30. The lowest BCUT2D eigenvalue weighted by molar-refractivity contribution is -0.124. The van der Waals surface area contributed by atoms with Gasteiger partial charge in [0.05, 0.1) is 28.1 Å². The smallest absolute Gasteiger partial charge is 0.246 e. The van der Waals surface area contributed by atoms with E-state index in [2.05, 4.69) is 0 Å². The largest absolute Gasteiger partial charge is 0.373 e. The maximum absolute atomic E-state index is 11.1. The van der Waals surface area contributed by atoms with Crippen LogP contribution in [-0.2, 0) is 4.79 Å². The molecule has 1 heterocycles. The quantitative estimate of drug-likeness (QED) is 0.562. The van der Waals surface area contributed by atoms with Crippen molar-refractivity contribution in [2.75, 3.05) is 6.26 Å². The van der Waals surface area contributed by atoms with Gasteiger partial charge in [-0.05, 0) is 6.26 Å². The summed E-state index contributed by atoms with van der Waals surface area (Å²) < 4.78 is 1.36. The molecule has 1 amide bonds. The maximum Gasteiger partial charge on any atom is 0.246 e. The third-order valence-corrected chi connectivity index (χ3v) is 3.54. The van der Waals surface area contributed by atoms with Crippen LogP contribution >= 0.6 is 34.6 Å². The number of hydrogen-bond donors (Lipinski definition) is 1. The Bertz CT molecular complexity index is 155. The van der Waals surface area contributed by atoms with Crippen LogP contribution in [0.15, 0.2) is 0 Å². The summed E-state index contributed by atoms with van der Waals surface area (Å²) in [5, 5.41) is 9.12. The summed E-state index contributed by atoms with van der Waals surface area (Å²) in [5.41, 5.74) is 0. The van der Waals surface area contributed by atoms with Gasteiger partial charge in [0.25, 0.3) is 0 Å². The predicted octanol–water partition coefficient (Wildman–Crippen LogP) is 0.619. The van der Waals surface area contributed by atoms with E-state index in [-0.39, 0.29) is 11.2 Å². The van der Waals surface area contributed by atoms with Gasteiger partial charge in [0, 0.05) is 6.42 Å². The van der Waals surface area contributed by atoms with Crippen LogP contribution < -0.4 is 0 Å². The zero-order valence-electron chi connectivity index (χ0n) is 5.45. The van der Waals surface area contributed by atoms with Crippen molar-refractivity contribution in [1.82, 2.24) is 3.11 Å². The van der Waals surface area contributed by atoms with Crippen LogP contribution in [0.2, 0.25) is 0 Å². The van der Waals surface area contributed by atoms with E-state index in [0.717, 1.165) is 0 Å². The van der Waals surface area contributed by atoms with E-state index in [1.165, 1.54) is 14.9 Å². The van der Waals surface area contributed by atoms with Gasteiger partial charge in [-0.2, -0.15) is 11.8 Å². The Morgan fingerprint density at radius 2 is 2.50 bits per heavy atom. The minimum absolute atomic E-state index is 0.0283. The normalized spacial score (nSPS) is 33.5. The van der Waals surface area contributed by atoms with Gasteiger partial charge in [-0.1, -0.05) is 0 Å². The molecule has 0 aromatic rings. The Hall–Kier alpha value is 0.510. The van der Waals surface area contributed by atoms with E-state index < -0.39 is 6.23 Å². The van der Waals surface area contributed by atoms with Gasteiger partial charge >= 0.3 is 0 Å². The third kappa shape index (κ3) is 1.40. The number of carbonyl (C=O) groups excluding carboxylic acids is 1. The summed E-state index contributed by atoms with van der Waals surface area (Å²) in [6.45, 7) is 0. The van der Waals surface area contributed by atoms with E-state index in [1.54, 1.807) is 0 Å². The molecule has 2 atom stereocenters. The predicted molar refractivity (Wildman–Crippen MR) is 48.8 cm³/mol. The molecule has 58 valence electrons. The zero-order valence-corrected chi connectivity index (χ0v) is 8.42. The van der Waals surface area contributed by atoms with Crippen LogP contribution in [0.25, 0.3) is 0 Å². The molecule has 5 heteroatoms. The maximum atomic E-state index is 11.1. The third-order valence-electron chi connectivity index (χ3n) is 1.46. The molecule has 0 bridgehead atoms. The molecular weight excluding hydrogens is 265 g/mol. The molecule has 0 aromatic carbocycles. The van der Waals surface area contributed by atoms with Gasteiger partial charge < -0.3 is 5.11 Å². The SMILES string of the molecule is CSC1CC(O)N(I)C1=O. The highest BCUT2D eigenvalue weighted by molar-refractivity contribution is 14.1. The fourth-order valence-electron chi connectivity index (χ4n) is 0.866. The first kappa shape index (κ1) is 8.61. The number of nitrogens with zero attached hydrogens (tertiary/aromatic N) is 1. The van der Waals surface area contributed by atoms with Crippen LogP contribution in [0, 0.1) is 0 Å². The van der Waals surface area contributed by atoms with Gasteiger partial charge in [0.2, 0.25) is 5.91 Å². The molecule has 1 N–H and O–H groups in total. The van der Waals surface area contributed by atoms with E-state index >= 15 is 0 Å². The van der Waals surface area contributed by atoms with Crippen LogP contribution in [0.1, 0.15) is 6.42 Å². The number of aliphatic hydroxyl groups excluding tert-OH is 1. The second-order valence-electron chi connectivity index (χ2n) is 2.09. The van der Waals surface area contributed by atoms with Gasteiger partial charge in [-0.3, -0.25) is 7.91 Å². The molecule has 1 saturated heterocycles. The van der Waals surface area contributed by atoms with Crippen LogP contribution in [-0.4, -0.2) is 31.9 Å². The van der Waals surface area contributed by atoms with Crippen molar-refractivity contribution in [2.45, 2.75) is 17.9 Å². The highest BCUT2D eigenvalue weighted by Crippen LogP contribution is 2.28. The summed E-state index contributed by atoms with van der Waals surface area (Å²) >= 11 is 3.34. The minimum Gasteiger partial charge on any atom is -0.373 e. The molecule has 1 aliphatic heterocycles. The zero-order chi connectivity index (χ0) is 7.72. The average Bonchev–Trinajstić information content (AvgIpc) is 2.17. The summed E-state index contributed by atoms with van der Waals surface area (Å²) in [5.74, 6) is 0.0283. The molecule has 0 radical (unpaired) electrons. The number of aliphatic hydroxyl groups is 1.